The second-order valence-corrected chi connectivity index (χ2v) is 8.25. The first-order chi connectivity index (χ1) is 13.9. The van der Waals surface area contributed by atoms with Crippen LogP contribution in [0.15, 0.2) is 42.5 Å². The van der Waals surface area contributed by atoms with Crippen molar-refractivity contribution in [3.05, 3.63) is 53.1 Å². The van der Waals surface area contributed by atoms with Crippen molar-refractivity contribution < 1.29 is 14.3 Å². The number of carbonyl (C=O) groups is 2. The van der Waals surface area contributed by atoms with Crippen LogP contribution in [0.1, 0.15) is 45.1 Å². The van der Waals surface area contributed by atoms with Gasteiger partial charge in [0.05, 0.1) is 18.2 Å². The summed E-state index contributed by atoms with van der Waals surface area (Å²) in [7, 11) is 1.54. The van der Waals surface area contributed by atoms with Crippen molar-refractivity contribution in [1.29, 1.82) is 0 Å². The van der Waals surface area contributed by atoms with E-state index >= 15 is 0 Å². The molecule has 3 rings (SSSR count). The van der Waals surface area contributed by atoms with Crippen LogP contribution in [-0.4, -0.2) is 18.9 Å². The van der Waals surface area contributed by atoms with E-state index in [1.807, 2.05) is 38.1 Å². The summed E-state index contributed by atoms with van der Waals surface area (Å²) in [5, 5.41) is 6.56. The summed E-state index contributed by atoms with van der Waals surface area (Å²) in [5.74, 6) is 0.246. The van der Waals surface area contributed by atoms with E-state index in [4.69, 9.17) is 16.3 Å². The summed E-state index contributed by atoms with van der Waals surface area (Å²) >= 11 is 6.03. The Balaban J connectivity index is 1.83. The summed E-state index contributed by atoms with van der Waals surface area (Å²) in [6.07, 6.45) is 3.64. The molecule has 2 amide bonds. The number of hydrogen-bond donors (Lipinski definition) is 2. The highest BCUT2D eigenvalue weighted by molar-refractivity contribution is 6.30. The van der Waals surface area contributed by atoms with Gasteiger partial charge in [-0.25, -0.2) is 0 Å². The number of methoxy groups -OCH3 is 1. The van der Waals surface area contributed by atoms with Crippen molar-refractivity contribution >= 4 is 34.8 Å². The molecule has 2 aromatic rings. The Morgan fingerprint density at radius 1 is 1.03 bits per heavy atom. The number of halogens is 1. The Hall–Kier alpha value is -2.53. The van der Waals surface area contributed by atoms with Crippen LogP contribution in [0.25, 0.3) is 0 Å². The normalized spacial score (nSPS) is 15.2. The molecular weight excluding hydrogens is 388 g/mol. The summed E-state index contributed by atoms with van der Waals surface area (Å²) in [4.78, 5) is 25.3. The number of rotatable bonds is 6. The Morgan fingerprint density at radius 3 is 2.28 bits per heavy atom. The minimum atomic E-state index is -0.553. The lowest BCUT2D eigenvalue weighted by Gasteiger charge is -2.28. The van der Waals surface area contributed by atoms with Gasteiger partial charge in [0.1, 0.15) is 5.75 Å². The van der Waals surface area contributed by atoms with Gasteiger partial charge < -0.3 is 15.4 Å². The molecule has 2 aromatic carbocycles. The van der Waals surface area contributed by atoms with Gasteiger partial charge in [-0.2, -0.15) is 0 Å². The van der Waals surface area contributed by atoms with Crippen molar-refractivity contribution in [3.8, 4) is 5.75 Å². The molecule has 0 bridgehead atoms. The first-order valence-corrected chi connectivity index (χ1v) is 10.3. The Bertz CT molecular complexity index is 887. The average molecular weight is 415 g/mol. The third kappa shape index (κ3) is 4.56. The number of amides is 2. The first kappa shape index (κ1) is 21.2. The maximum absolute atomic E-state index is 13.3. The minimum absolute atomic E-state index is 0.0293. The van der Waals surface area contributed by atoms with Gasteiger partial charge in [0, 0.05) is 22.7 Å². The van der Waals surface area contributed by atoms with Crippen LogP contribution in [0.5, 0.6) is 5.75 Å². The fraction of sp³-hybridized carbons (Fsp3) is 0.391. The molecule has 1 aliphatic rings. The SMILES string of the molecule is COc1cc(NC(=O)C2(c3ccc(Cl)cc3)CCCC2)ccc1NC(=O)C(C)C. The highest BCUT2D eigenvalue weighted by Crippen LogP contribution is 2.42. The van der Waals surface area contributed by atoms with E-state index in [-0.39, 0.29) is 17.7 Å². The molecule has 6 heteroatoms. The van der Waals surface area contributed by atoms with Crippen LogP contribution in [0.2, 0.25) is 5.02 Å². The molecule has 0 saturated heterocycles. The van der Waals surface area contributed by atoms with E-state index in [1.54, 1.807) is 18.2 Å². The molecule has 0 spiro atoms. The number of benzene rings is 2. The maximum Gasteiger partial charge on any atom is 0.235 e. The molecule has 0 atom stereocenters. The summed E-state index contributed by atoms with van der Waals surface area (Å²) < 4.78 is 5.42. The zero-order valence-corrected chi connectivity index (χ0v) is 17.8. The molecule has 154 valence electrons. The van der Waals surface area contributed by atoms with Crippen molar-refractivity contribution in [2.24, 2.45) is 5.92 Å². The molecule has 0 radical (unpaired) electrons. The molecule has 5 nitrogen and oxygen atoms in total. The fourth-order valence-corrected chi connectivity index (χ4v) is 3.92. The number of anilines is 2. The standard InChI is InChI=1S/C23H27ClN2O3/c1-15(2)21(27)26-19-11-10-18(14-20(19)29-3)25-22(28)23(12-4-5-13-23)16-6-8-17(24)9-7-16/h6-11,14-15H,4-5,12-13H2,1-3H3,(H,25,28)(H,26,27). The van der Waals surface area contributed by atoms with Gasteiger partial charge in [0.25, 0.3) is 0 Å². The zero-order valence-electron chi connectivity index (χ0n) is 17.0. The van der Waals surface area contributed by atoms with E-state index in [0.717, 1.165) is 31.2 Å². The summed E-state index contributed by atoms with van der Waals surface area (Å²) in [6.45, 7) is 3.66. The van der Waals surface area contributed by atoms with Crippen LogP contribution in [-0.2, 0) is 15.0 Å². The molecule has 0 aromatic heterocycles. The van der Waals surface area contributed by atoms with E-state index < -0.39 is 5.41 Å². The van der Waals surface area contributed by atoms with Crippen molar-refractivity contribution in [1.82, 2.24) is 0 Å². The minimum Gasteiger partial charge on any atom is -0.494 e. The Morgan fingerprint density at radius 2 is 1.69 bits per heavy atom. The monoisotopic (exact) mass is 414 g/mol. The second-order valence-electron chi connectivity index (χ2n) is 7.81. The van der Waals surface area contributed by atoms with E-state index in [9.17, 15) is 9.59 Å². The fourth-order valence-electron chi connectivity index (χ4n) is 3.79. The lowest BCUT2D eigenvalue weighted by atomic mass is 9.78. The molecule has 0 heterocycles. The van der Waals surface area contributed by atoms with E-state index in [1.165, 1.54) is 7.11 Å². The molecular formula is C23H27ClN2O3. The highest BCUT2D eigenvalue weighted by Gasteiger charge is 2.42. The topological polar surface area (TPSA) is 67.4 Å². The number of nitrogens with one attached hydrogen (secondary N) is 2. The first-order valence-electron chi connectivity index (χ1n) is 9.92. The molecule has 0 unspecified atom stereocenters. The van der Waals surface area contributed by atoms with E-state index in [0.29, 0.717) is 22.1 Å². The quantitative estimate of drug-likeness (QED) is 0.665. The molecule has 2 N–H and O–H groups in total. The number of ether oxygens (including phenoxy) is 1. The maximum atomic E-state index is 13.3. The van der Waals surface area contributed by atoms with Crippen LogP contribution >= 0.6 is 11.6 Å². The summed E-state index contributed by atoms with van der Waals surface area (Å²) in [5.41, 5.74) is 1.65. The lowest BCUT2D eigenvalue weighted by molar-refractivity contribution is -0.121. The van der Waals surface area contributed by atoms with Gasteiger partial charge >= 0.3 is 0 Å². The van der Waals surface area contributed by atoms with Crippen molar-refractivity contribution in [2.75, 3.05) is 17.7 Å². The number of hydrogen-bond acceptors (Lipinski definition) is 3. The van der Waals surface area contributed by atoms with Gasteiger partial charge in [-0.1, -0.05) is 50.4 Å². The van der Waals surface area contributed by atoms with Gasteiger partial charge in [0.15, 0.2) is 0 Å². The van der Waals surface area contributed by atoms with Crippen molar-refractivity contribution in [2.45, 2.75) is 44.9 Å². The molecule has 1 saturated carbocycles. The van der Waals surface area contributed by atoms with Gasteiger partial charge in [0.2, 0.25) is 11.8 Å². The van der Waals surface area contributed by atoms with Crippen LogP contribution in [0.3, 0.4) is 0 Å². The molecule has 1 fully saturated rings. The van der Waals surface area contributed by atoms with Crippen molar-refractivity contribution in [3.63, 3.8) is 0 Å². The largest absolute Gasteiger partial charge is 0.494 e. The van der Waals surface area contributed by atoms with Gasteiger partial charge in [-0.3, -0.25) is 9.59 Å². The zero-order chi connectivity index (χ0) is 21.0. The van der Waals surface area contributed by atoms with Crippen LogP contribution in [0.4, 0.5) is 11.4 Å². The predicted octanol–water partition coefficient (Wildman–Crippen LogP) is 5.39. The third-order valence-corrected chi connectivity index (χ3v) is 5.78. The van der Waals surface area contributed by atoms with Crippen LogP contribution in [0, 0.1) is 5.92 Å². The summed E-state index contributed by atoms with van der Waals surface area (Å²) in [6, 6.07) is 12.8. The van der Waals surface area contributed by atoms with Crippen LogP contribution < -0.4 is 15.4 Å². The number of carbonyl (C=O) groups excluding carboxylic acids is 2. The lowest BCUT2D eigenvalue weighted by Crippen LogP contribution is -2.38. The Labute approximate surface area is 176 Å². The molecule has 1 aliphatic carbocycles. The van der Waals surface area contributed by atoms with Gasteiger partial charge in [-0.15, -0.1) is 0 Å². The highest BCUT2D eigenvalue weighted by atomic mass is 35.5. The smallest absolute Gasteiger partial charge is 0.235 e. The average Bonchev–Trinajstić information content (AvgIpc) is 3.20. The predicted molar refractivity (Wildman–Crippen MR) is 117 cm³/mol. The van der Waals surface area contributed by atoms with Gasteiger partial charge in [-0.05, 0) is 42.7 Å². The Kier molecular flexibility index (Phi) is 6.48. The molecule has 0 aliphatic heterocycles. The van der Waals surface area contributed by atoms with E-state index in [2.05, 4.69) is 10.6 Å². The molecule has 29 heavy (non-hydrogen) atoms. The third-order valence-electron chi connectivity index (χ3n) is 5.53. The second kappa shape index (κ2) is 8.87.